The van der Waals surface area contributed by atoms with Crippen molar-refractivity contribution < 1.29 is 73.0 Å². The van der Waals surface area contributed by atoms with Crippen LogP contribution in [0.4, 0.5) is 0 Å². The zero-order valence-corrected chi connectivity index (χ0v) is 36.1. The number of carbonyl (C=O) groups is 7. The molecule has 61 heavy (non-hydrogen) atoms. The van der Waals surface area contributed by atoms with Crippen LogP contribution < -0.4 is 26.7 Å². The van der Waals surface area contributed by atoms with E-state index in [-0.39, 0.29) is 122 Å². The molecule has 0 saturated carbocycles. The maximum atomic E-state index is 12.3. The van der Waals surface area contributed by atoms with E-state index in [4.69, 9.17) is 34.4 Å². The fraction of sp³-hybridized carbons (Fsp3) is 0.829. The predicted octanol–water partition coefficient (Wildman–Crippen LogP) is 2.68. The Labute approximate surface area is 360 Å². The van der Waals surface area contributed by atoms with Gasteiger partial charge in [-0.3, -0.25) is 28.8 Å². The van der Waals surface area contributed by atoms with Gasteiger partial charge < -0.3 is 60.7 Å². The molecule has 4 amide bonds. The second-order valence-corrected chi connectivity index (χ2v) is 14.7. The van der Waals surface area contributed by atoms with Crippen LogP contribution in [0.15, 0.2) is 0 Å². The first kappa shape index (κ1) is 57.1. The lowest BCUT2D eigenvalue weighted by Gasteiger charge is -2.14. The zero-order valence-electron chi connectivity index (χ0n) is 36.1. The summed E-state index contributed by atoms with van der Waals surface area (Å²) in [6.45, 7) is 1.61. The Bertz CT molecular complexity index is 1200. The molecule has 0 saturated heterocycles. The number of rotatable bonds is 45. The second-order valence-electron chi connectivity index (χ2n) is 14.7. The SMILES string of the molecule is O=C(O)CCCCCCCCCCCCCCCCC(=O)N[C@@H](CCC(=O)NCCOCCOCC(=O)NCCOCCOCC(=O)NCCCC[C@H](NO)C(=O)O)C(=O)O. The van der Waals surface area contributed by atoms with Crippen LogP contribution in [0, 0.1) is 0 Å². The van der Waals surface area contributed by atoms with Gasteiger partial charge in [-0.25, -0.2) is 4.79 Å². The van der Waals surface area contributed by atoms with Gasteiger partial charge in [0.1, 0.15) is 25.3 Å². The highest BCUT2D eigenvalue weighted by atomic mass is 16.5. The van der Waals surface area contributed by atoms with Crippen molar-refractivity contribution in [2.75, 3.05) is 72.5 Å². The van der Waals surface area contributed by atoms with Crippen molar-refractivity contribution in [1.29, 1.82) is 0 Å². The van der Waals surface area contributed by atoms with E-state index in [1.165, 1.54) is 38.5 Å². The number of hydrogen-bond donors (Lipinski definition) is 9. The molecule has 0 aromatic rings. The van der Waals surface area contributed by atoms with E-state index in [0.29, 0.717) is 25.8 Å². The van der Waals surface area contributed by atoms with E-state index in [1.807, 2.05) is 0 Å². The lowest BCUT2D eigenvalue weighted by molar-refractivity contribution is -0.143. The van der Waals surface area contributed by atoms with E-state index in [9.17, 15) is 38.7 Å². The number of nitrogens with one attached hydrogen (secondary N) is 5. The van der Waals surface area contributed by atoms with Gasteiger partial charge in [0, 0.05) is 38.9 Å². The van der Waals surface area contributed by atoms with Crippen molar-refractivity contribution >= 4 is 41.5 Å². The molecule has 9 N–H and O–H groups in total. The summed E-state index contributed by atoms with van der Waals surface area (Å²) in [5, 5.41) is 46.2. The normalized spacial score (nSPS) is 12.0. The van der Waals surface area contributed by atoms with E-state index in [0.717, 1.165) is 44.9 Å². The Morgan fingerprint density at radius 3 is 1.28 bits per heavy atom. The fourth-order valence-corrected chi connectivity index (χ4v) is 5.91. The predicted molar refractivity (Wildman–Crippen MR) is 223 cm³/mol. The van der Waals surface area contributed by atoms with E-state index in [1.54, 1.807) is 5.48 Å². The second kappa shape index (κ2) is 41.4. The summed E-state index contributed by atoms with van der Waals surface area (Å²) < 4.78 is 21.2. The van der Waals surface area contributed by atoms with Gasteiger partial charge in [-0.1, -0.05) is 77.0 Å². The summed E-state index contributed by atoms with van der Waals surface area (Å²) in [7, 11) is 0. The Hall–Kier alpha value is -3.95. The summed E-state index contributed by atoms with van der Waals surface area (Å²) >= 11 is 0. The molecule has 0 radical (unpaired) electrons. The molecule has 2 atom stereocenters. The van der Waals surface area contributed by atoms with Gasteiger partial charge in [-0.05, 0) is 38.5 Å². The van der Waals surface area contributed by atoms with Gasteiger partial charge in [0.15, 0.2) is 0 Å². The molecule has 0 aromatic heterocycles. The molecular weight excluding hydrogens is 802 g/mol. The monoisotopic (exact) mass is 878 g/mol. The number of amides is 4. The van der Waals surface area contributed by atoms with Crippen molar-refractivity contribution in [2.24, 2.45) is 0 Å². The van der Waals surface area contributed by atoms with Gasteiger partial charge in [0.05, 0.1) is 39.6 Å². The Morgan fingerprint density at radius 1 is 0.393 bits per heavy atom. The van der Waals surface area contributed by atoms with Crippen LogP contribution in [0.2, 0.25) is 0 Å². The van der Waals surface area contributed by atoms with Crippen molar-refractivity contribution in [3.8, 4) is 0 Å². The molecule has 0 aliphatic rings. The van der Waals surface area contributed by atoms with E-state index in [2.05, 4.69) is 21.3 Å². The number of carboxylic acid groups (broad SMARTS) is 3. The van der Waals surface area contributed by atoms with E-state index >= 15 is 0 Å². The largest absolute Gasteiger partial charge is 0.481 e. The number of aliphatic carboxylic acids is 3. The molecule has 0 bridgehead atoms. The third-order valence-corrected chi connectivity index (χ3v) is 9.38. The zero-order chi connectivity index (χ0) is 45.2. The number of ether oxygens (including phenoxy) is 4. The Kier molecular flexibility index (Phi) is 38.7. The fourth-order valence-electron chi connectivity index (χ4n) is 5.91. The quantitative estimate of drug-likeness (QED) is 0.0314. The first-order valence-corrected chi connectivity index (χ1v) is 21.9. The molecule has 0 fully saturated rings. The first-order valence-electron chi connectivity index (χ1n) is 21.9. The van der Waals surface area contributed by atoms with Gasteiger partial charge in [0.25, 0.3) is 0 Å². The maximum Gasteiger partial charge on any atom is 0.326 e. The highest BCUT2D eigenvalue weighted by Gasteiger charge is 2.21. The number of carbonyl (C=O) groups excluding carboxylic acids is 4. The van der Waals surface area contributed by atoms with Crippen LogP contribution in [0.5, 0.6) is 0 Å². The summed E-state index contributed by atoms with van der Waals surface area (Å²) in [6, 6.07) is -2.19. The minimum absolute atomic E-state index is 0.0353. The molecule has 0 aliphatic heterocycles. The van der Waals surface area contributed by atoms with Gasteiger partial charge in [0.2, 0.25) is 23.6 Å². The van der Waals surface area contributed by atoms with Gasteiger partial charge >= 0.3 is 17.9 Å². The minimum Gasteiger partial charge on any atom is -0.481 e. The highest BCUT2D eigenvalue weighted by molar-refractivity contribution is 5.84. The van der Waals surface area contributed by atoms with Crippen LogP contribution in [0.3, 0.4) is 0 Å². The van der Waals surface area contributed by atoms with Crippen LogP contribution in [0.1, 0.15) is 135 Å². The number of hydroxylamine groups is 1. The third kappa shape index (κ3) is 39.9. The lowest BCUT2D eigenvalue weighted by Crippen LogP contribution is -2.41. The van der Waals surface area contributed by atoms with Crippen molar-refractivity contribution in [3.05, 3.63) is 0 Å². The highest BCUT2D eigenvalue weighted by Crippen LogP contribution is 2.14. The first-order chi connectivity index (χ1) is 29.5. The summed E-state index contributed by atoms with van der Waals surface area (Å²) in [6.07, 6.45) is 16.7. The molecule has 0 aromatic carbocycles. The molecule has 20 nitrogen and oxygen atoms in total. The third-order valence-electron chi connectivity index (χ3n) is 9.38. The molecule has 0 spiro atoms. The molecule has 0 rings (SSSR count). The summed E-state index contributed by atoms with van der Waals surface area (Å²) in [5.41, 5.74) is 1.72. The topological polar surface area (TPSA) is 297 Å². The molecule has 0 heterocycles. The molecule has 0 aliphatic carbocycles. The van der Waals surface area contributed by atoms with Crippen LogP contribution >= 0.6 is 0 Å². The number of unbranched alkanes of at least 4 members (excludes halogenated alkanes) is 14. The van der Waals surface area contributed by atoms with Crippen LogP contribution in [0.25, 0.3) is 0 Å². The Balaban J connectivity index is 3.65. The number of carboxylic acids is 3. The average Bonchev–Trinajstić information content (AvgIpc) is 3.22. The van der Waals surface area contributed by atoms with Crippen LogP contribution in [-0.2, 0) is 52.5 Å². The van der Waals surface area contributed by atoms with Crippen molar-refractivity contribution in [1.82, 2.24) is 26.7 Å². The molecular formula is C41H75N5O15. The van der Waals surface area contributed by atoms with Crippen molar-refractivity contribution in [3.63, 3.8) is 0 Å². The maximum absolute atomic E-state index is 12.3. The number of hydrogen-bond acceptors (Lipinski definition) is 13. The van der Waals surface area contributed by atoms with Gasteiger partial charge in [-0.15, -0.1) is 0 Å². The van der Waals surface area contributed by atoms with Crippen molar-refractivity contribution in [2.45, 2.75) is 147 Å². The molecule has 0 unspecified atom stereocenters. The lowest BCUT2D eigenvalue weighted by atomic mass is 10.0. The smallest absolute Gasteiger partial charge is 0.326 e. The average molecular weight is 878 g/mol. The van der Waals surface area contributed by atoms with Crippen LogP contribution in [-0.4, -0.2) is 147 Å². The molecule has 20 heteroatoms. The Morgan fingerprint density at radius 2 is 0.820 bits per heavy atom. The van der Waals surface area contributed by atoms with Gasteiger partial charge in [-0.2, -0.15) is 5.48 Å². The molecule has 354 valence electrons. The standard InChI is InChI=1S/C41H75N5O15/c47-35(21-20-33(40(53)54)45-36(48)18-13-11-9-7-5-3-1-2-4-6-8-10-12-14-19-39(51)52)43-23-25-58-27-30-61-32-38(50)44-24-26-59-28-29-60-31-37(49)42-22-16-15-17-34(46-57)41(55)56/h33-34,46,57H,1-32H2,(H,42,49)(H,43,47)(H,44,50)(H,45,48)(H,51,52)(H,53,54)(H,55,56)/t33-,34-/m0/s1. The summed E-state index contributed by atoms with van der Waals surface area (Å²) in [5.74, 6) is -4.42. The van der Waals surface area contributed by atoms with E-state index < -0.39 is 30.0 Å². The summed E-state index contributed by atoms with van der Waals surface area (Å²) in [4.78, 5) is 81.1. The minimum atomic E-state index is -1.19.